The summed E-state index contributed by atoms with van der Waals surface area (Å²) >= 11 is 0. The fourth-order valence-corrected chi connectivity index (χ4v) is 3.49. The average molecular weight is 412 g/mol. The molecule has 31 heavy (non-hydrogen) atoms. The van der Waals surface area contributed by atoms with Gasteiger partial charge in [0.15, 0.2) is 0 Å². The lowest BCUT2D eigenvalue weighted by Gasteiger charge is -2.11. The number of nitrogens with zero attached hydrogens (tertiary/aromatic N) is 2. The number of benzene rings is 2. The lowest BCUT2D eigenvalue weighted by atomic mass is 10.0. The van der Waals surface area contributed by atoms with Gasteiger partial charge in [-0.05, 0) is 68.3 Å². The molecule has 0 amide bonds. The summed E-state index contributed by atoms with van der Waals surface area (Å²) in [6.07, 6.45) is 1.49. The van der Waals surface area contributed by atoms with Crippen LogP contribution in [0, 0.1) is 6.92 Å². The van der Waals surface area contributed by atoms with E-state index in [4.69, 9.17) is 14.5 Å². The second-order valence-electron chi connectivity index (χ2n) is 7.31. The number of hydrogen-bond acceptors (Lipinski definition) is 5. The van der Waals surface area contributed by atoms with Gasteiger partial charge in [-0.3, -0.25) is 4.98 Å². The van der Waals surface area contributed by atoms with Gasteiger partial charge in [0.25, 0.3) is 0 Å². The largest absolute Gasteiger partial charge is 0.497 e. The Balaban J connectivity index is 1.53. The highest BCUT2D eigenvalue weighted by Gasteiger charge is 2.15. The van der Waals surface area contributed by atoms with E-state index in [1.54, 1.807) is 13.2 Å². The van der Waals surface area contributed by atoms with E-state index >= 15 is 0 Å². The maximum absolute atomic E-state index is 12.9. The van der Waals surface area contributed by atoms with Crippen LogP contribution in [0.3, 0.4) is 0 Å². The van der Waals surface area contributed by atoms with E-state index < -0.39 is 0 Å². The Morgan fingerprint density at radius 1 is 0.935 bits per heavy atom. The first-order chi connectivity index (χ1) is 15.1. The van der Waals surface area contributed by atoms with E-state index in [1.165, 1.54) is 0 Å². The van der Waals surface area contributed by atoms with Gasteiger partial charge in [0.1, 0.15) is 5.75 Å². The van der Waals surface area contributed by atoms with Crippen molar-refractivity contribution in [3.8, 4) is 17.0 Å². The Morgan fingerprint density at radius 3 is 2.52 bits per heavy atom. The minimum Gasteiger partial charge on any atom is -0.497 e. The van der Waals surface area contributed by atoms with Gasteiger partial charge in [-0.2, -0.15) is 0 Å². The first-order valence-corrected chi connectivity index (χ1v) is 10.3. The van der Waals surface area contributed by atoms with Crippen LogP contribution in [-0.2, 0) is 11.2 Å². The maximum Gasteiger partial charge on any atom is 0.338 e. The monoisotopic (exact) mass is 412 g/mol. The second kappa shape index (κ2) is 9.39. The third-order valence-corrected chi connectivity index (χ3v) is 5.08. The highest BCUT2D eigenvalue weighted by molar-refractivity contribution is 6.04. The number of rotatable bonds is 7. The van der Waals surface area contributed by atoms with Crippen molar-refractivity contribution in [2.75, 3.05) is 13.7 Å². The molecule has 2 aromatic heterocycles. The first kappa shape index (κ1) is 20.5. The van der Waals surface area contributed by atoms with Gasteiger partial charge >= 0.3 is 5.97 Å². The molecule has 5 nitrogen and oxygen atoms in total. The summed E-state index contributed by atoms with van der Waals surface area (Å²) in [5, 5.41) is 0.783. The van der Waals surface area contributed by atoms with E-state index in [2.05, 4.69) is 4.98 Å². The molecule has 2 heterocycles. The molecule has 0 bridgehead atoms. The zero-order valence-electron chi connectivity index (χ0n) is 17.7. The Kier molecular flexibility index (Phi) is 6.22. The summed E-state index contributed by atoms with van der Waals surface area (Å²) < 4.78 is 10.8. The summed E-state index contributed by atoms with van der Waals surface area (Å²) in [5.74, 6) is 0.429. The molecule has 0 fully saturated rings. The summed E-state index contributed by atoms with van der Waals surface area (Å²) in [6, 6.07) is 23.0. The van der Waals surface area contributed by atoms with Crippen LogP contribution in [0.5, 0.6) is 5.75 Å². The van der Waals surface area contributed by atoms with Gasteiger partial charge in [-0.15, -0.1) is 0 Å². The van der Waals surface area contributed by atoms with Crippen LogP contribution in [0.2, 0.25) is 0 Å². The quantitative estimate of drug-likeness (QED) is 0.300. The molecule has 2 aromatic carbocycles. The molecule has 0 saturated carbocycles. The molecule has 0 saturated heterocycles. The van der Waals surface area contributed by atoms with Gasteiger partial charge in [-0.25, -0.2) is 9.78 Å². The summed E-state index contributed by atoms with van der Waals surface area (Å²) in [4.78, 5) is 22.1. The van der Waals surface area contributed by atoms with Crippen LogP contribution >= 0.6 is 0 Å². The van der Waals surface area contributed by atoms with Gasteiger partial charge in [0.05, 0.1) is 30.5 Å². The minimum absolute atomic E-state index is 0.336. The summed E-state index contributed by atoms with van der Waals surface area (Å²) in [5.41, 5.74) is 4.90. The van der Waals surface area contributed by atoms with E-state index in [1.807, 2.05) is 73.7 Å². The van der Waals surface area contributed by atoms with Crippen molar-refractivity contribution in [2.24, 2.45) is 0 Å². The smallest absolute Gasteiger partial charge is 0.338 e. The van der Waals surface area contributed by atoms with E-state index in [9.17, 15) is 4.79 Å². The molecule has 0 spiro atoms. The molecule has 0 N–H and O–H groups in total. The van der Waals surface area contributed by atoms with Crippen LogP contribution in [-0.4, -0.2) is 29.7 Å². The summed E-state index contributed by atoms with van der Waals surface area (Å²) in [7, 11) is 1.63. The van der Waals surface area contributed by atoms with Crippen molar-refractivity contribution >= 4 is 16.9 Å². The zero-order valence-corrected chi connectivity index (χ0v) is 17.7. The number of aryl methyl sites for hydroxylation is 2. The zero-order chi connectivity index (χ0) is 21.6. The number of methoxy groups -OCH3 is 1. The van der Waals surface area contributed by atoms with Gasteiger partial charge in [0, 0.05) is 22.3 Å². The van der Waals surface area contributed by atoms with Crippen LogP contribution in [0.25, 0.3) is 22.2 Å². The SMILES string of the molecule is COc1ccc(-c2cc(C(=O)OCCCc3cccc(C)n3)c3ccccc3n2)cc1. The van der Waals surface area contributed by atoms with E-state index in [0.29, 0.717) is 12.2 Å². The molecule has 0 aliphatic rings. The van der Waals surface area contributed by atoms with Crippen LogP contribution < -0.4 is 4.74 Å². The van der Waals surface area contributed by atoms with Crippen molar-refractivity contribution in [3.05, 3.63) is 89.7 Å². The lowest BCUT2D eigenvalue weighted by Crippen LogP contribution is -2.09. The molecule has 0 aliphatic heterocycles. The standard InChI is InChI=1S/C26H24N2O3/c1-18-7-5-8-20(27-18)9-6-16-31-26(29)23-17-25(19-12-14-21(30-2)15-13-19)28-24-11-4-3-10-22(23)24/h3-5,7-8,10-15,17H,6,9,16H2,1-2H3. The molecule has 156 valence electrons. The predicted octanol–water partition coefficient (Wildman–Crippen LogP) is 5.40. The lowest BCUT2D eigenvalue weighted by molar-refractivity contribution is 0.0502. The fourth-order valence-electron chi connectivity index (χ4n) is 3.49. The normalized spacial score (nSPS) is 10.8. The Bertz CT molecular complexity index is 1200. The highest BCUT2D eigenvalue weighted by Crippen LogP contribution is 2.27. The van der Waals surface area contributed by atoms with Crippen molar-refractivity contribution in [2.45, 2.75) is 19.8 Å². The van der Waals surface area contributed by atoms with Crippen molar-refractivity contribution in [1.82, 2.24) is 9.97 Å². The Labute approximate surface area is 181 Å². The number of aromatic nitrogens is 2. The van der Waals surface area contributed by atoms with Crippen LogP contribution in [0.1, 0.15) is 28.2 Å². The molecule has 0 atom stereocenters. The summed E-state index contributed by atoms with van der Waals surface area (Å²) in [6.45, 7) is 2.31. The third-order valence-electron chi connectivity index (χ3n) is 5.08. The number of para-hydroxylation sites is 1. The number of carbonyl (C=O) groups excluding carboxylic acids is 1. The molecule has 0 radical (unpaired) electrons. The highest BCUT2D eigenvalue weighted by atomic mass is 16.5. The predicted molar refractivity (Wildman–Crippen MR) is 121 cm³/mol. The first-order valence-electron chi connectivity index (χ1n) is 10.3. The molecule has 4 aromatic rings. The van der Waals surface area contributed by atoms with Gasteiger partial charge < -0.3 is 9.47 Å². The topological polar surface area (TPSA) is 61.3 Å². The van der Waals surface area contributed by atoms with Crippen LogP contribution in [0.4, 0.5) is 0 Å². The van der Waals surface area contributed by atoms with Crippen molar-refractivity contribution < 1.29 is 14.3 Å². The van der Waals surface area contributed by atoms with Crippen LogP contribution in [0.15, 0.2) is 72.8 Å². The number of fused-ring (bicyclic) bond motifs is 1. The van der Waals surface area contributed by atoms with E-state index in [-0.39, 0.29) is 5.97 Å². The fraction of sp³-hybridized carbons (Fsp3) is 0.192. The van der Waals surface area contributed by atoms with Crippen molar-refractivity contribution in [1.29, 1.82) is 0 Å². The van der Waals surface area contributed by atoms with Gasteiger partial charge in [-0.1, -0.05) is 24.3 Å². The number of hydrogen-bond donors (Lipinski definition) is 0. The minimum atomic E-state index is -0.342. The molecule has 0 aliphatic carbocycles. The van der Waals surface area contributed by atoms with Crippen molar-refractivity contribution in [3.63, 3.8) is 0 Å². The number of pyridine rings is 2. The van der Waals surface area contributed by atoms with Gasteiger partial charge in [0.2, 0.25) is 0 Å². The number of esters is 1. The number of ether oxygens (including phenoxy) is 2. The average Bonchev–Trinajstić information content (AvgIpc) is 2.81. The van der Waals surface area contributed by atoms with E-state index in [0.717, 1.165) is 52.1 Å². The third kappa shape index (κ3) is 4.89. The molecular formula is C26H24N2O3. The Hall–Kier alpha value is -3.73. The molecule has 4 rings (SSSR count). The molecular weight excluding hydrogens is 388 g/mol. The second-order valence-corrected chi connectivity index (χ2v) is 7.31. The molecule has 0 unspecified atom stereocenters. The number of carbonyl (C=O) groups is 1. The maximum atomic E-state index is 12.9. The molecule has 5 heteroatoms. The Morgan fingerprint density at radius 2 is 1.74 bits per heavy atom.